The van der Waals surface area contributed by atoms with Gasteiger partial charge in [-0.25, -0.2) is 4.98 Å². The Morgan fingerprint density at radius 1 is 1.21 bits per heavy atom. The predicted octanol–water partition coefficient (Wildman–Crippen LogP) is -1.70. The molecule has 0 aromatic carbocycles. The number of H-pyrrole nitrogens is 1. The van der Waals surface area contributed by atoms with Crippen LogP contribution in [0.4, 0.5) is 0 Å². The number of aromatic amines is 1. The number of hydrogen-bond donors (Lipinski definition) is 5. The normalized spacial score (nSPS) is 27.2. The van der Waals surface area contributed by atoms with E-state index < -0.39 is 41.9 Å². The number of hydrogen-bond acceptors (Lipinski definition) is 8. The van der Waals surface area contributed by atoms with Crippen molar-refractivity contribution in [2.45, 2.75) is 50.4 Å². The zero-order valence-corrected chi connectivity index (χ0v) is 19.7. The fourth-order valence-electron chi connectivity index (χ4n) is 3.72. The Hall–Kier alpha value is -2.74. The van der Waals surface area contributed by atoms with Crippen molar-refractivity contribution >= 4 is 51.1 Å². The molecule has 3 rings (SSSR count). The number of primary amides is 1. The molecule has 0 radical (unpaired) electrons. The van der Waals surface area contributed by atoms with Crippen molar-refractivity contribution < 1.29 is 24.0 Å². The van der Waals surface area contributed by atoms with Crippen molar-refractivity contribution in [3.63, 3.8) is 0 Å². The van der Waals surface area contributed by atoms with Crippen LogP contribution in [0.3, 0.4) is 0 Å². The Morgan fingerprint density at radius 2 is 1.97 bits per heavy atom. The van der Waals surface area contributed by atoms with Gasteiger partial charge in [0.1, 0.15) is 24.2 Å². The minimum Gasteiger partial charge on any atom is -0.368 e. The molecule has 0 spiro atoms. The molecule has 2 fully saturated rings. The zero-order valence-electron chi connectivity index (χ0n) is 18.0. The lowest BCUT2D eigenvalue weighted by Gasteiger charge is -2.30. The van der Waals surface area contributed by atoms with Gasteiger partial charge in [0.2, 0.25) is 29.5 Å². The summed E-state index contributed by atoms with van der Waals surface area (Å²) in [6.07, 6.45) is 4.17. The Morgan fingerprint density at radius 3 is 2.64 bits per heavy atom. The van der Waals surface area contributed by atoms with E-state index in [4.69, 9.17) is 5.73 Å². The van der Waals surface area contributed by atoms with Crippen molar-refractivity contribution in [3.05, 3.63) is 18.2 Å². The molecule has 12 nitrogen and oxygen atoms in total. The first kappa shape index (κ1) is 24.9. The van der Waals surface area contributed by atoms with Gasteiger partial charge < -0.3 is 31.6 Å². The summed E-state index contributed by atoms with van der Waals surface area (Å²) >= 11 is 0. The molecule has 2 saturated heterocycles. The van der Waals surface area contributed by atoms with Crippen LogP contribution in [0, 0.1) is 0 Å². The van der Waals surface area contributed by atoms with Gasteiger partial charge in [-0.3, -0.25) is 24.0 Å². The maximum atomic E-state index is 13.2. The Kier molecular flexibility index (Phi) is 8.61. The fourth-order valence-corrected chi connectivity index (χ4v) is 6.05. The summed E-state index contributed by atoms with van der Waals surface area (Å²) in [6.45, 7) is 1.70. The molecule has 3 heterocycles. The highest BCUT2D eigenvalue weighted by Crippen LogP contribution is 2.26. The van der Waals surface area contributed by atoms with Crippen molar-refractivity contribution in [2.24, 2.45) is 5.73 Å². The number of nitrogens with zero attached hydrogens (tertiary/aromatic N) is 2. The van der Waals surface area contributed by atoms with Gasteiger partial charge in [-0.15, -0.1) is 0 Å². The average Bonchev–Trinajstić information content (AvgIpc) is 3.44. The number of fused-ring (bicyclic) bond motifs is 1. The highest BCUT2D eigenvalue weighted by Gasteiger charge is 2.39. The number of amides is 5. The highest BCUT2D eigenvalue weighted by molar-refractivity contribution is 8.76. The number of nitrogens with one attached hydrogen (secondary N) is 4. The van der Waals surface area contributed by atoms with Gasteiger partial charge >= 0.3 is 0 Å². The van der Waals surface area contributed by atoms with E-state index in [-0.39, 0.29) is 29.7 Å². The Balaban J connectivity index is 1.87. The average molecular weight is 498 g/mol. The van der Waals surface area contributed by atoms with Crippen molar-refractivity contribution in [1.82, 2.24) is 30.8 Å². The molecule has 1 aromatic rings. The number of rotatable bonds is 4. The third kappa shape index (κ3) is 6.63. The first-order chi connectivity index (χ1) is 15.8. The summed E-state index contributed by atoms with van der Waals surface area (Å²) in [6, 6.07) is -3.57. The van der Waals surface area contributed by atoms with Crippen molar-refractivity contribution in [1.29, 1.82) is 0 Å². The quantitative estimate of drug-likeness (QED) is 0.305. The number of aromatic nitrogens is 2. The number of imidazole rings is 1. The lowest BCUT2D eigenvalue weighted by molar-refractivity contribution is -0.141. The van der Waals surface area contributed by atoms with Gasteiger partial charge in [-0.1, -0.05) is 21.6 Å². The summed E-state index contributed by atoms with van der Waals surface area (Å²) in [5.41, 5.74) is 6.08. The molecule has 33 heavy (non-hydrogen) atoms. The second-order valence-corrected chi connectivity index (χ2v) is 10.4. The van der Waals surface area contributed by atoms with E-state index in [0.717, 1.165) is 0 Å². The topological polar surface area (TPSA) is 179 Å². The molecule has 0 saturated carbocycles. The molecule has 2 aliphatic heterocycles. The molecular formula is C19H27N7O5S2. The van der Waals surface area contributed by atoms with Gasteiger partial charge in [0.25, 0.3) is 0 Å². The molecule has 0 unspecified atom stereocenters. The van der Waals surface area contributed by atoms with Crippen LogP contribution in [0.25, 0.3) is 0 Å². The minimum absolute atomic E-state index is 0.111. The smallest absolute Gasteiger partial charge is 0.246 e. The standard InChI is InChI=1S/C19H27N7O5S2/c1-10(27)23-14-8-33-32-7-13(16(20)28)25-17(29)12(5-11-6-21-9-22-11)24-18(30)15-3-2-4-26(15)19(14)31/h6,9,12-15H,2-5,7-8H2,1H3,(H2,20,28)(H,21,22)(H,23,27)(H,24,30)(H,25,29)/t12-,13-,14-,15-/m0/s1. The van der Waals surface area contributed by atoms with Crippen LogP contribution in [0.15, 0.2) is 12.5 Å². The van der Waals surface area contributed by atoms with Gasteiger partial charge in [0, 0.05) is 43.3 Å². The van der Waals surface area contributed by atoms with Gasteiger partial charge in [-0.2, -0.15) is 0 Å². The van der Waals surface area contributed by atoms with E-state index in [9.17, 15) is 24.0 Å². The third-order valence-corrected chi connectivity index (χ3v) is 7.76. The summed E-state index contributed by atoms with van der Waals surface area (Å²) in [5.74, 6) is -2.07. The first-order valence-corrected chi connectivity index (χ1v) is 12.9. The molecule has 5 amide bonds. The van der Waals surface area contributed by atoms with E-state index in [1.807, 2.05) is 0 Å². The molecule has 0 aliphatic carbocycles. The van der Waals surface area contributed by atoms with E-state index in [1.165, 1.54) is 45.9 Å². The molecule has 14 heteroatoms. The van der Waals surface area contributed by atoms with Crippen molar-refractivity contribution in [2.75, 3.05) is 18.1 Å². The minimum atomic E-state index is -1.01. The summed E-state index contributed by atoms with van der Waals surface area (Å²) in [5, 5.41) is 7.99. The van der Waals surface area contributed by atoms with E-state index in [1.54, 1.807) is 0 Å². The van der Waals surface area contributed by atoms with Crippen LogP contribution in [-0.4, -0.2) is 86.6 Å². The maximum Gasteiger partial charge on any atom is 0.246 e. The van der Waals surface area contributed by atoms with Crippen LogP contribution in [0.5, 0.6) is 0 Å². The van der Waals surface area contributed by atoms with Crippen LogP contribution in [-0.2, 0) is 30.4 Å². The monoisotopic (exact) mass is 497 g/mol. The molecular weight excluding hydrogens is 470 g/mol. The SMILES string of the molecule is CC(=O)N[C@H]1CSSC[C@@H](C(N)=O)NC(=O)[C@H](Cc2cnc[nH]2)NC(=O)[C@@H]2CCCN2C1=O. The maximum absolute atomic E-state index is 13.2. The van der Waals surface area contributed by atoms with Crippen LogP contribution in [0.2, 0.25) is 0 Å². The van der Waals surface area contributed by atoms with Gasteiger partial charge in [0.05, 0.1) is 6.33 Å². The Labute approximate surface area is 198 Å². The molecule has 0 bridgehead atoms. The number of carbonyl (C=O) groups excluding carboxylic acids is 5. The lowest BCUT2D eigenvalue weighted by Crippen LogP contribution is -2.58. The van der Waals surface area contributed by atoms with E-state index >= 15 is 0 Å². The number of carbonyl (C=O) groups is 5. The van der Waals surface area contributed by atoms with Gasteiger partial charge in [-0.05, 0) is 12.8 Å². The first-order valence-electron chi connectivity index (χ1n) is 10.5. The fraction of sp³-hybridized carbons (Fsp3) is 0.579. The van der Waals surface area contributed by atoms with Gasteiger partial charge in [0.15, 0.2) is 0 Å². The highest BCUT2D eigenvalue weighted by atomic mass is 33.1. The summed E-state index contributed by atoms with van der Waals surface area (Å²) in [4.78, 5) is 71.2. The Bertz CT molecular complexity index is 897. The van der Waals surface area contributed by atoms with Crippen LogP contribution in [0.1, 0.15) is 25.5 Å². The molecule has 180 valence electrons. The lowest BCUT2D eigenvalue weighted by atomic mass is 10.1. The second-order valence-electron chi connectivity index (χ2n) is 7.82. The summed E-state index contributed by atoms with van der Waals surface area (Å²) in [7, 11) is 2.54. The zero-order chi connectivity index (χ0) is 24.0. The van der Waals surface area contributed by atoms with E-state index in [0.29, 0.717) is 25.1 Å². The molecule has 1 aromatic heterocycles. The van der Waals surface area contributed by atoms with E-state index in [2.05, 4.69) is 25.9 Å². The summed E-state index contributed by atoms with van der Waals surface area (Å²) < 4.78 is 0. The van der Waals surface area contributed by atoms with Crippen LogP contribution >= 0.6 is 21.6 Å². The largest absolute Gasteiger partial charge is 0.368 e. The third-order valence-electron chi connectivity index (χ3n) is 5.34. The van der Waals surface area contributed by atoms with Crippen LogP contribution < -0.4 is 21.7 Å². The number of nitrogens with two attached hydrogens (primary N) is 1. The predicted molar refractivity (Wildman–Crippen MR) is 123 cm³/mol. The second kappa shape index (κ2) is 11.4. The molecule has 6 N–H and O–H groups in total. The molecule has 2 aliphatic rings. The van der Waals surface area contributed by atoms with Crippen molar-refractivity contribution in [3.8, 4) is 0 Å². The molecule has 4 atom stereocenters.